The van der Waals surface area contributed by atoms with Crippen LogP contribution < -0.4 is 10.3 Å². The summed E-state index contributed by atoms with van der Waals surface area (Å²) in [7, 11) is -3.86. The van der Waals surface area contributed by atoms with E-state index in [1.807, 2.05) is 0 Å². The predicted octanol–water partition coefficient (Wildman–Crippen LogP) is 2.45. The SMILES string of the molecule is O=C(O)c1cccc(S(=O)(=O)NNc2ccc(Br)cc2)c1. The molecule has 0 spiro atoms. The van der Waals surface area contributed by atoms with Gasteiger partial charge in [0.25, 0.3) is 10.0 Å². The maximum absolute atomic E-state index is 12.1. The Labute approximate surface area is 130 Å². The minimum absolute atomic E-state index is 0.0958. The predicted molar refractivity (Wildman–Crippen MR) is 81.5 cm³/mol. The number of sulfonamides is 1. The Morgan fingerprint density at radius 2 is 1.76 bits per heavy atom. The van der Waals surface area contributed by atoms with E-state index in [1.165, 1.54) is 18.2 Å². The van der Waals surface area contributed by atoms with E-state index in [0.717, 1.165) is 10.5 Å². The Kier molecular flexibility index (Phi) is 4.61. The smallest absolute Gasteiger partial charge is 0.335 e. The Hall–Kier alpha value is -1.90. The molecule has 110 valence electrons. The van der Waals surface area contributed by atoms with Crippen LogP contribution in [0.1, 0.15) is 10.4 Å². The maximum Gasteiger partial charge on any atom is 0.335 e. The highest BCUT2D eigenvalue weighted by atomic mass is 79.9. The first-order valence-electron chi connectivity index (χ1n) is 5.75. The first kappa shape index (κ1) is 15.5. The minimum Gasteiger partial charge on any atom is -0.478 e. The van der Waals surface area contributed by atoms with Crippen LogP contribution in [0.25, 0.3) is 0 Å². The molecule has 0 aliphatic rings. The summed E-state index contributed by atoms with van der Waals surface area (Å²) in [6, 6.07) is 12.0. The van der Waals surface area contributed by atoms with Gasteiger partial charge >= 0.3 is 5.97 Å². The summed E-state index contributed by atoms with van der Waals surface area (Å²) in [6.07, 6.45) is 0. The van der Waals surface area contributed by atoms with E-state index >= 15 is 0 Å². The van der Waals surface area contributed by atoms with Crippen LogP contribution in [0.4, 0.5) is 5.69 Å². The molecule has 0 fully saturated rings. The van der Waals surface area contributed by atoms with Crippen molar-refractivity contribution in [2.45, 2.75) is 4.90 Å². The van der Waals surface area contributed by atoms with Gasteiger partial charge in [-0.2, -0.15) is 0 Å². The van der Waals surface area contributed by atoms with Gasteiger partial charge < -0.3 is 10.5 Å². The van der Waals surface area contributed by atoms with Crippen LogP contribution in [-0.2, 0) is 10.0 Å². The molecule has 0 heterocycles. The van der Waals surface area contributed by atoms with Gasteiger partial charge in [-0.25, -0.2) is 13.2 Å². The zero-order valence-corrected chi connectivity index (χ0v) is 13.0. The number of aromatic carboxylic acids is 1. The van der Waals surface area contributed by atoms with Gasteiger partial charge in [-0.1, -0.05) is 22.0 Å². The van der Waals surface area contributed by atoms with Crippen molar-refractivity contribution in [1.29, 1.82) is 0 Å². The molecule has 0 aliphatic heterocycles. The number of halogens is 1. The van der Waals surface area contributed by atoms with Crippen LogP contribution in [0.15, 0.2) is 57.9 Å². The molecule has 0 unspecified atom stereocenters. The van der Waals surface area contributed by atoms with Crippen LogP contribution in [0.5, 0.6) is 0 Å². The molecular weight excluding hydrogens is 360 g/mol. The number of hydrogen-bond donors (Lipinski definition) is 3. The van der Waals surface area contributed by atoms with Gasteiger partial charge in [0.05, 0.1) is 10.5 Å². The molecule has 6 nitrogen and oxygen atoms in total. The summed E-state index contributed by atoms with van der Waals surface area (Å²) in [5.74, 6) is -1.19. The fourth-order valence-corrected chi connectivity index (χ4v) is 2.69. The van der Waals surface area contributed by atoms with Crippen molar-refractivity contribution in [1.82, 2.24) is 4.83 Å². The number of hydrogen-bond acceptors (Lipinski definition) is 4. The topological polar surface area (TPSA) is 95.5 Å². The fourth-order valence-electron chi connectivity index (χ4n) is 1.51. The number of anilines is 1. The number of nitrogens with one attached hydrogen (secondary N) is 2. The highest BCUT2D eigenvalue weighted by Crippen LogP contribution is 2.15. The molecule has 0 saturated carbocycles. The molecule has 2 rings (SSSR count). The quantitative estimate of drug-likeness (QED) is 0.702. The van der Waals surface area contributed by atoms with Gasteiger partial charge in [0.2, 0.25) is 0 Å². The molecule has 8 heteroatoms. The average Bonchev–Trinajstić information content (AvgIpc) is 2.47. The van der Waals surface area contributed by atoms with Crippen molar-refractivity contribution in [3.05, 3.63) is 58.6 Å². The van der Waals surface area contributed by atoms with E-state index in [2.05, 4.69) is 26.2 Å². The summed E-state index contributed by atoms with van der Waals surface area (Å²) in [5, 5.41) is 8.87. The summed E-state index contributed by atoms with van der Waals surface area (Å²) in [4.78, 5) is 12.9. The molecule has 0 aromatic heterocycles. The molecule has 0 aliphatic carbocycles. The first-order chi connectivity index (χ1) is 9.88. The fraction of sp³-hybridized carbons (Fsp3) is 0. The third-order valence-electron chi connectivity index (χ3n) is 2.57. The van der Waals surface area contributed by atoms with Gasteiger partial charge in [0, 0.05) is 10.2 Å². The van der Waals surface area contributed by atoms with Crippen molar-refractivity contribution >= 4 is 37.6 Å². The maximum atomic E-state index is 12.1. The van der Waals surface area contributed by atoms with E-state index in [4.69, 9.17) is 5.11 Å². The van der Waals surface area contributed by atoms with Gasteiger partial charge in [0.15, 0.2) is 0 Å². The molecular formula is C13H11BrN2O4S. The van der Waals surface area contributed by atoms with E-state index in [0.29, 0.717) is 5.69 Å². The largest absolute Gasteiger partial charge is 0.478 e. The second-order valence-electron chi connectivity index (χ2n) is 4.07. The van der Waals surface area contributed by atoms with Gasteiger partial charge in [0.1, 0.15) is 0 Å². The molecule has 2 aromatic carbocycles. The monoisotopic (exact) mass is 370 g/mol. The number of carbonyl (C=O) groups is 1. The van der Waals surface area contributed by atoms with Crippen molar-refractivity contribution in [2.24, 2.45) is 0 Å². The Morgan fingerprint density at radius 1 is 1.10 bits per heavy atom. The van der Waals surface area contributed by atoms with Crippen LogP contribution in [0.2, 0.25) is 0 Å². The van der Waals surface area contributed by atoms with Crippen molar-refractivity contribution < 1.29 is 18.3 Å². The lowest BCUT2D eigenvalue weighted by Gasteiger charge is -2.10. The Bertz CT molecular complexity index is 760. The number of carboxylic acid groups (broad SMARTS) is 1. The molecule has 3 N–H and O–H groups in total. The first-order valence-corrected chi connectivity index (χ1v) is 8.03. The summed E-state index contributed by atoms with van der Waals surface area (Å²) >= 11 is 3.27. The second kappa shape index (κ2) is 6.25. The van der Waals surface area contributed by atoms with E-state index in [-0.39, 0.29) is 10.5 Å². The highest BCUT2D eigenvalue weighted by Gasteiger charge is 2.15. The van der Waals surface area contributed by atoms with Crippen molar-refractivity contribution in [3.8, 4) is 0 Å². The van der Waals surface area contributed by atoms with Crippen LogP contribution in [0.3, 0.4) is 0 Å². The highest BCUT2D eigenvalue weighted by molar-refractivity contribution is 9.10. The normalized spacial score (nSPS) is 11.1. The molecule has 0 radical (unpaired) electrons. The second-order valence-corrected chi connectivity index (χ2v) is 6.67. The zero-order valence-electron chi connectivity index (χ0n) is 10.6. The molecule has 21 heavy (non-hydrogen) atoms. The molecule has 0 bridgehead atoms. The van der Waals surface area contributed by atoms with Crippen LogP contribution >= 0.6 is 15.9 Å². The third-order valence-corrected chi connectivity index (χ3v) is 4.34. The van der Waals surface area contributed by atoms with E-state index < -0.39 is 16.0 Å². The van der Waals surface area contributed by atoms with Crippen molar-refractivity contribution in [3.63, 3.8) is 0 Å². The lowest BCUT2D eigenvalue weighted by atomic mass is 10.2. The van der Waals surface area contributed by atoms with Crippen LogP contribution in [0, 0.1) is 0 Å². The Morgan fingerprint density at radius 3 is 2.38 bits per heavy atom. The van der Waals surface area contributed by atoms with Gasteiger partial charge in [-0.15, -0.1) is 4.83 Å². The summed E-state index contributed by atoms with van der Waals surface area (Å²) < 4.78 is 25.0. The third kappa shape index (κ3) is 4.03. The zero-order chi connectivity index (χ0) is 15.5. The summed E-state index contributed by atoms with van der Waals surface area (Å²) in [5.41, 5.74) is 3.01. The number of rotatable bonds is 5. The number of carboxylic acids is 1. The van der Waals surface area contributed by atoms with Gasteiger partial charge in [-0.3, -0.25) is 0 Å². The molecule has 0 atom stereocenters. The average molecular weight is 371 g/mol. The van der Waals surface area contributed by atoms with E-state index in [9.17, 15) is 13.2 Å². The standard InChI is InChI=1S/C13H11BrN2O4S/c14-10-4-6-11(7-5-10)15-16-21(19,20)12-3-1-2-9(8-12)13(17)18/h1-8,15-16H,(H,17,18). The lowest BCUT2D eigenvalue weighted by molar-refractivity contribution is 0.0696. The lowest BCUT2D eigenvalue weighted by Crippen LogP contribution is -2.29. The number of hydrazine groups is 1. The van der Waals surface area contributed by atoms with E-state index in [1.54, 1.807) is 24.3 Å². The molecule has 0 amide bonds. The Balaban J connectivity index is 2.16. The number of benzene rings is 2. The molecule has 2 aromatic rings. The van der Waals surface area contributed by atoms with Crippen LogP contribution in [-0.4, -0.2) is 19.5 Å². The summed E-state index contributed by atoms with van der Waals surface area (Å²) in [6.45, 7) is 0. The molecule has 0 saturated heterocycles. The van der Waals surface area contributed by atoms with Crippen molar-refractivity contribution in [2.75, 3.05) is 5.43 Å². The minimum atomic E-state index is -3.86. The van der Waals surface area contributed by atoms with Gasteiger partial charge in [-0.05, 0) is 42.5 Å².